The van der Waals surface area contributed by atoms with Crippen LogP contribution in [-0.4, -0.2) is 39.7 Å². The monoisotopic (exact) mass is 398 g/mol. The lowest BCUT2D eigenvalue weighted by molar-refractivity contribution is -0.119. The third-order valence-corrected chi connectivity index (χ3v) is 5.01. The van der Waals surface area contributed by atoms with E-state index in [1.54, 1.807) is 17.0 Å². The Morgan fingerprint density at radius 3 is 2.28 bits per heavy atom. The molecule has 2 aromatic rings. The Morgan fingerprint density at radius 2 is 1.69 bits per heavy atom. The standard InChI is InChI=1S/C22H26N2O5/c1-14-8-9-16(13-17(14)24-10-6-5-7-20(24)25)23-22(26)15-11-18(27-2)21(29-4)19(12-15)28-3/h8-9,11-13H,5-7,10H2,1-4H3,(H,23,26). The Labute approximate surface area is 170 Å². The molecule has 0 bridgehead atoms. The first kappa shape index (κ1) is 20.5. The average Bonchev–Trinajstić information content (AvgIpc) is 2.74. The summed E-state index contributed by atoms with van der Waals surface area (Å²) in [5.41, 5.74) is 2.81. The van der Waals surface area contributed by atoms with E-state index in [9.17, 15) is 9.59 Å². The molecule has 7 nitrogen and oxygen atoms in total. The second kappa shape index (κ2) is 8.86. The maximum atomic E-state index is 12.8. The number of carbonyl (C=O) groups is 2. The minimum absolute atomic E-state index is 0.118. The Morgan fingerprint density at radius 1 is 1.00 bits per heavy atom. The Kier molecular flexibility index (Phi) is 6.26. The second-order valence-corrected chi connectivity index (χ2v) is 6.87. The molecular formula is C22H26N2O5. The minimum atomic E-state index is -0.316. The van der Waals surface area contributed by atoms with Crippen molar-refractivity contribution in [1.29, 1.82) is 0 Å². The molecule has 2 aromatic carbocycles. The summed E-state index contributed by atoms with van der Waals surface area (Å²) in [6, 6.07) is 8.76. The van der Waals surface area contributed by atoms with Gasteiger partial charge in [-0.1, -0.05) is 6.07 Å². The quantitative estimate of drug-likeness (QED) is 0.801. The fourth-order valence-corrected chi connectivity index (χ4v) is 3.45. The largest absolute Gasteiger partial charge is 0.493 e. The second-order valence-electron chi connectivity index (χ2n) is 6.87. The zero-order chi connectivity index (χ0) is 21.0. The lowest BCUT2D eigenvalue weighted by Gasteiger charge is -2.28. The van der Waals surface area contributed by atoms with Gasteiger partial charge in [-0.25, -0.2) is 0 Å². The van der Waals surface area contributed by atoms with Crippen molar-refractivity contribution in [3.05, 3.63) is 41.5 Å². The molecule has 0 atom stereocenters. The van der Waals surface area contributed by atoms with Crippen LogP contribution in [0, 0.1) is 6.92 Å². The summed E-state index contributed by atoms with van der Waals surface area (Å²) in [4.78, 5) is 26.9. The molecule has 0 saturated carbocycles. The van der Waals surface area contributed by atoms with E-state index in [4.69, 9.17) is 14.2 Å². The smallest absolute Gasteiger partial charge is 0.255 e. The number of nitrogens with zero attached hydrogens (tertiary/aromatic N) is 1. The van der Waals surface area contributed by atoms with Crippen LogP contribution in [-0.2, 0) is 4.79 Å². The number of rotatable bonds is 6. The number of hydrogen-bond acceptors (Lipinski definition) is 5. The van der Waals surface area contributed by atoms with Crippen molar-refractivity contribution in [2.75, 3.05) is 38.1 Å². The van der Waals surface area contributed by atoms with Gasteiger partial charge in [0.15, 0.2) is 11.5 Å². The van der Waals surface area contributed by atoms with Crippen molar-refractivity contribution < 1.29 is 23.8 Å². The van der Waals surface area contributed by atoms with Crippen molar-refractivity contribution in [2.45, 2.75) is 26.2 Å². The molecule has 1 aliphatic heterocycles. The number of aryl methyl sites for hydroxylation is 1. The van der Waals surface area contributed by atoms with Crippen LogP contribution in [0.25, 0.3) is 0 Å². The van der Waals surface area contributed by atoms with Crippen molar-refractivity contribution in [1.82, 2.24) is 0 Å². The molecule has 0 aliphatic carbocycles. The Bertz CT molecular complexity index is 900. The number of carbonyl (C=O) groups excluding carboxylic acids is 2. The van der Waals surface area contributed by atoms with Crippen LogP contribution in [0.3, 0.4) is 0 Å². The molecule has 7 heteroatoms. The molecular weight excluding hydrogens is 372 g/mol. The Hall–Kier alpha value is -3.22. The fourth-order valence-electron chi connectivity index (χ4n) is 3.45. The topological polar surface area (TPSA) is 77.1 Å². The molecule has 0 spiro atoms. The summed E-state index contributed by atoms with van der Waals surface area (Å²) in [6.07, 6.45) is 2.46. The zero-order valence-electron chi connectivity index (χ0n) is 17.2. The van der Waals surface area contributed by atoms with E-state index in [-0.39, 0.29) is 11.8 Å². The number of amides is 2. The lowest BCUT2D eigenvalue weighted by atomic mass is 10.1. The summed E-state index contributed by atoms with van der Waals surface area (Å²) >= 11 is 0. The van der Waals surface area contributed by atoms with Gasteiger partial charge in [-0.05, 0) is 49.6 Å². The van der Waals surface area contributed by atoms with Crippen molar-refractivity contribution in [3.8, 4) is 17.2 Å². The molecule has 1 heterocycles. The zero-order valence-corrected chi connectivity index (χ0v) is 17.2. The number of hydrogen-bond donors (Lipinski definition) is 1. The van der Waals surface area contributed by atoms with Crippen LogP contribution < -0.4 is 24.4 Å². The van der Waals surface area contributed by atoms with Gasteiger partial charge in [0.1, 0.15) is 0 Å². The van der Waals surface area contributed by atoms with Crippen LogP contribution >= 0.6 is 0 Å². The van der Waals surface area contributed by atoms with Crippen molar-refractivity contribution in [2.24, 2.45) is 0 Å². The number of ether oxygens (including phenoxy) is 3. The fraction of sp³-hybridized carbons (Fsp3) is 0.364. The van der Waals surface area contributed by atoms with Crippen LogP contribution in [0.2, 0.25) is 0 Å². The summed E-state index contributed by atoms with van der Waals surface area (Å²) in [6.45, 7) is 2.66. The molecule has 2 amide bonds. The van der Waals surface area contributed by atoms with Gasteiger partial charge in [0.25, 0.3) is 5.91 Å². The molecule has 29 heavy (non-hydrogen) atoms. The van der Waals surface area contributed by atoms with E-state index in [1.165, 1.54) is 21.3 Å². The van der Waals surface area contributed by atoms with Gasteiger partial charge in [0, 0.05) is 29.9 Å². The van der Waals surface area contributed by atoms with Gasteiger partial charge in [0.05, 0.1) is 21.3 Å². The summed E-state index contributed by atoms with van der Waals surface area (Å²) in [5, 5.41) is 2.89. The van der Waals surface area contributed by atoms with Gasteiger partial charge in [-0.15, -0.1) is 0 Å². The maximum Gasteiger partial charge on any atom is 0.255 e. The first-order valence-corrected chi connectivity index (χ1v) is 9.51. The maximum absolute atomic E-state index is 12.8. The molecule has 1 aliphatic rings. The number of piperidine rings is 1. The van der Waals surface area contributed by atoms with E-state index in [0.717, 1.165) is 24.1 Å². The highest BCUT2D eigenvalue weighted by atomic mass is 16.5. The normalized spacial score (nSPS) is 13.8. The first-order valence-electron chi connectivity index (χ1n) is 9.51. The first-order chi connectivity index (χ1) is 14.0. The molecule has 1 saturated heterocycles. The highest BCUT2D eigenvalue weighted by Gasteiger charge is 2.22. The summed E-state index contributed by atoms with van der Waals surface area (Å²) < 4.78 is 15.9. The molecule has 1 N–H and O–H groups in total. The van der Waals surface area contributed by atoms with Crippen LogP contribution in [0.5, 0.6) is 17.2 Å². The van der Waals surface area contributed by atoms with E-state index >= 15 is 0 Å². The third kappa shape index (κ3) is 4.29. The van der Waals surface area contributed by atoms with Gasteiger partial charge in [0.2, 0.25) is 11.7 Å². The highest BCUT2D eigenvalue weighted by Crippen LogP contribution is 2.38. The molecule has 0 aromatic heterocycles. The van der Waals surface area contributed by atoms with Gasteiger partial charge in [-0.3, -0.25) is 9.59 Å². The third-order valence-electron chi connectivity index (χ3n) is 5.01. The van der Waals surface area contributed by atoms with E-state index < -0.39 is 0 Å². The predicted molar refractivity (Wildman–Crippen MR) is 111 cm³/mol. The lowest BCUT2D eigenvalue weighted by Crippen LogP contribution is -2.35. The van der Waals surface area contributed by atoms with E-state index in [1.807, 2.05) is 25.1 Å². The van der Waals surface area contributed by atoms with Gasteiger partial charge >= 0.3 is 0 Å². The van der Waals surface area contributed by atoms with E-state index in [2.05, 4.69) is 5.32 Å². The predicted octanol–water partition coefficient (Wildman–Crippen LogP) is 3.79. The van der Waals surface area contributed by atoms with Gasteiger partial charge in [-0.2, -0.15) is 0 Å². The summed E-state index contributed by atoms with van der Waals surface area (Å²) in [7, 11) is 4.51. The summed E-state index contributed by atoms with van der Waals surface area (Å²) in [5.74, 6) is 1.03. The number of anilines is 2. The minimum Gasteiger partial charge on any atom is -0.493 e. The Balaban J connectivity index is 1.88. The molecule has 0 unspecified atom stereocenters. The van der Waals surface area contributed by atoms with Gasteiger partial charge < -0.3 is 24.4 Å². The van der Waals surface area contributed by atoms with Crippen LogP contribution in [0.1, 0.15) is 35.2 Å². The van der Waals surface area contributed by atoms with Crippen molar-refractivity contribution in [3.63, 3.8) is 0 Å². The number of benzene rings is 2. The average molecular weight is 398 g/mol. The van der Waals surface area contributed by atoms with Crippen molar-refractivity contribution >= 4 is 23.2 Å². The van der Waals surface area contributed by atoms with E-state index in [0.29, 0.717) is 41.5 Å². The number of methoxy groups -OCH3 is 3. The van der Waals surface area contributed by atoms with Crippen LogP contribution in [0.4, 0.5) is 11.4 Å². The molecule has 1 fully saturated rings. The molecule has 154 valence electrons. The highest BCUT2D eigenvalue weighted by molar-refractivity contribution is 6.05. The molecule has 0 radical (unpaired) electrons. The van der Waals surface area contributed by atoms with Crippen LogP contribution in [0.15, 0.2) is 30.3 Å². The number of nitrogens with one attached hydrogen (secondary N) is 1. The SMILES string of the molecule is COc1cc(C(=O)Nc2ccc(C)c(N3CCCCC3=O)c2)cc(OC)c1OC. The molecule has 3 rings (SSSR count).